The number of ether oxygens (including phenoxy) is 2. The predicted molar refractivity (Wildman–Crippen MR) is 135 cm³/mol. The Balaban J connectivity index is 1.32. The number of benzene rings is 3. The van der Waals surface area contributed by atoms with Gasteiger partial charge in [-0.15, -0.1) is 5.10 Å². The average Bonchev–Trinajstić information content (AvgIpc) is 3.29. The van der Waals surface area contributed by atoms with Crippen molar-refractivity contribution in [3.8, 4) is 11.5 Å². The molecular weight excluding hydrogens is 466 g/mol. The van der Waals surface area contributed by atoms with Gasteiger partial charge in [0.25, 0.3) is 11.5 Å². The average molecular weight is 488 g/mol. The van der Waals surface area contributed by atoms with Crippen molar-refractivity contribution < 1.29 is 14.3 Å². The van der Waals surface area contributed by atoms with Gasteiger partial charge in [-0.25, -0.2) is 4.98 Å². The van der Waals surface area contributed by atoms with Crippen LogP contribution in [0.3, 0.4) is 0 Å². The van der Waals surface area contributed by atoms with Crippen molar-refractivity contribution in [2.45, 2.75) is 6.54 Å². The molecule has 0 saturated heterocycles. The molecule has 2 aromatic heterocycles. The van der Waals surface area contributed by atoms with Crippen molar-refractivity contribution in [2.24, 2.45) is 0 Å². The van der Waals surface area contributed by atoms with E-state index in [4.69, 9.17) is 9.47 Å². The fraction of sp³-hybridized carbons (Fsp3) is 0.120. The van der Waals surface area contributed by atoms with Crippen LogP contribution in [0.15, 0.2) is 71.5 Å². The molecule has 0 bridgehead atoms. The zero-order chi connectivity index (χ0) is 24.4. The largest absolute Gasteiger partial charge is 0.493 e. The highest BCUT2D eigenvalue weighted by atomic mass is 32.1. The highest BCUT2D eigenvalue weighted by Crippen LogP contribution is 2.27. The van der Waals surface area contributed by atoms with Crippen LogP contribution in [0.25, 0.3) is 15.9 Å². The number of anilines is 2. The number of methoxy groups -OCH3 is 2. The van der Waals surface area contributed by atoms with Gasteiger partial charge in [-0.1, -0.05) is 35.6 Å². The highest BCUT2D eigenvalue weighted by molar-refractivity contribution is 7.20. The Hall–Kier alpha value is -4.44. The van der Waals surface area contributed by atoms with Gasteiger partial charge in [0.2, 0.25) is 10.1 Å². The van der Waals surface area contributed by atoms with Crippen molar-refractivity contribution >= 4 is 43.9 Å². The molecule has 10 heteroatoms. The molecule has 2 N–H and O–H groups in total. The van der Waals surface area contributed by atoms with Gasteiger partial charge in [0.1, 0.15) is 0 Å². The van der Waals surface area contributed by atoms with Crippen LogP contribution in [0.1, 0.15) is 15.9 Å². The molecule has 5 rings (SSSR count). The van der Waals surface area contributed by atoms with Gasteiger partial charge in [0.15, 0.2) is 11.5 Å². The summed E-state index contributed by atoms with van der Waals surface area (Å²) >= 11 is 1.26. The molecule has 2 heterocycles. The zero-order valence-corrected chi connectivity index (χ0v) is 19.8. The van der Waals surface area contributed by atoms with Crippen molar-refractivity contribution in [2.75, 3.05) is 19.5 Å². The van der Waals surface area contributed by atoms with E-state index in [9.17, 15) is 9.59 Å². The number of nitrogens with zero attached hydrogens (tertiary/aromatic N) is 3. The molecule has 5 aromatic rings. The van der Waals surface area contributed by atoms with E-state index in [0.29, 0.717) is 50.3 Å². The lowest BCUT2D eigenvalue weighted by molar-refractivity contribution is 0.0951. The molecule has 9 nitrogen and oxygen atoms in total. The number of nitrogens with one attached hydrogen (secondary N) is 2. The van der Waals surface area contributed by atoms with Gasteiger partial charge in [-0.3, -0.25) is 9.59 Å². The number of carbonyl (C=O) groups is 1. The first-order valence-corrected chi connectivity index (χ1v) is 11.5. The lowest BCUT2D eigenvalue weighted by atomic mass is 10.1. The van der Waals surface area contributed by atoms with Gasteiger partial charge in [0, 0.05) is 17.8 Å². The maximum absolute atomic E-state index is 12.8. The van der Waals surface area contributed by atoms with Crippen LogP contribution in [0.2, 0.25) is 0 Å². The van der Waals surface area contributed by atoms with Crippen LogP contribution in [-0.2, 0) is 6.54 Å². The second-order valence-corrected chi connectivity index (χ2v) is 8.57. The van der Waals surface area contributed by atoms with Crippen molar-refractivity contribution in [1.82, 2.24) is 19.9 Å². The first kappa shape index (κ1) is 22.4. The summed E-state index contributed by atoms with van der Waals surface area (Å²) in [7, 11) is 3.14. The van der Waals surface area contributed by atoms with Crippen LogP contribution in [0, 0.1) is 0 Å². The molecule has 0 aliphatic rings. The normalized spacial score (nSPS) is 10.9. The molecule has 0 aliphatic heterocycles. The van der Waals surface area contributed by atoms with E-state index in [2.05, 4.69) is 20.7 Å². The Morgan fingerprint density at radius 3 is 2.66 bits per heavy atom. The molecule has 0 spiro atoms. The summed E-state index contributed by atoms with van der Waals surface area (Å²) in [6.07, 6.45) is 0. The molecule has 1 amide bonds. The van der Waals surface area contributed by atoms with E-state index in [-0.39, 0.29) is 11.5 Å². The third-order valence-corrected chi connectivity index (χ3v) is 6.20. The summed E-state index contributed by atoms with van der Waals surface area (Å²) in [5.74, 6) is 1.00. The molecule has 0 radical (unpaired) electrons. The summed E-state index contributed by atoms with van der Waals surface area (Å²) in [5.41, 5.74) is 2.43. The molecule has 3 aromatic carbocycles. The van der Waals surface area contributed by atoms with Crippen molar-refractivity contribution in [3.63, 3.8) is 0 Å². The first-order chi connectivity index (χ1) is 17.1. The molecule has 0 fully saturated rings. The number of carbonyl (C=O) groups excluding carboxylic acids is 1. The minimum Gasteiger partial charge on any atom is -0.493 e. The van der Waals surface area contributed by atoms with Gasteiger partial charge >= 0.3 is 0 Å². The quantitative estimate of drug-likeness (QED) is 0.357. The van der Waals surface area contributed by atoms with E-state index in [1.807, 2.05) is 24.3 Å². The van der Waals surface area contributed by atoms with Gasteiger partial charge in [-0.2, -0.15) is 4.52 Å². The number of rotatable bonds is 7. The minimum atomic E-state index is -0.225. The molecule has 35 heavy (non-hydrogen) atoms. The van der Waals surface area contributed by atoms with E-state index < -0.39 is 0 Å². The van der Waals surface area contributed by atoms with Crippen LogP contribution in [-0.4, -0.2) is 34.7 Å². The van der Waals surface area contributed by atoms with Gasteiger partial charge in [-0.05, 0) is 48.0 Å². The lowest BCUT2D eigenvalue weighted by Gasteiger charge is -2.11. The van der Waals surface area contributed by atoms with Crippen molar-refractivity contribution in [3.05, 3.63) is 88.2 Å². The summed E-state index contributed by atoms with van der Waals surface area (Å²) in [6, 6.07) is 19.7. The molecule has 0 atom stereocenters. The van der Waals surface area contributed by atoms with E-state index in [1.54, 1.807) is 56.7 Å². The predicted octanol–water partition coefficient (Wildman–Crippen LogP) is 4.00. The summed E-state index contributed by atoms with van der Waals surface area (Å²) in [5, 5.41) is 11.4. The number of fused-ring (bicyclic) bond motifs is 2. The SMILES string of the molecule is COc1ccc(CNC(=O)c2cccc(Nc3nn4c(=O)c5ccccc5nc4s3)c2)cc1OC. The molecule has 176 valence electrons. The number of hydrogen-bond donors (Lipinski definition) is 2. The van der Waals surface area contributed by atoms with E-state index in [1.165, 1.54) is 15.9 Å². The van der Waals surface area contributed by atoms with E-state index in [0.717, 1.165) is 5.56 Å². The minimum absolute atomic E-state index is 0.224. The fourth-order valence-electron chi connectivity index (χ4n) is 3.64. The Morgan fingerprint density at radius 2 is 1.83 bits per heavy atom. The molecule has 0 saturated carbocycles. The molecular formula is C25H21N5O4S. The smallest absolute Gasteiger partial charge is 0.283 e. The second kappa shape index (κ2) is 9.43. The number of aromatic nitrogens is 3. The van der Waals surface area contributed by atoms with E-state index >= 15 is 0 Å². The fourth-order valence-corrected chi connectivity index (χ4v) is 4.46. The van der Waals surface area contributed by atoms with Gasteiger partial charge in [0.05, 0.1) is 25.1 Å². The summed E-state index contributed by atoms with van der Waals surface area (Å²) in [6.45, 7) is 0.330. The van der Waals surface area contributed by atoms with Crippen molar-refractivity contribution in [1.29, 1.82) is 0 Å². The molecule has 0 unspecified atom stereocenters. The summed E-state index contributed by atoms with van der Waals surface area (Å²) in [4.78, 5) is 30.5. The Kier molecular flexibility index (Phi) is 6.02. The maximum atomic E-state index is 12.8. The number of amides is 1. The Labute approximate surface area is 204 Å². The molecule has 0 aliphatic carbocycles. The first-order valence-electron chi connectivity index (χ1n) is 10.7. The third-order valence-electron chi connectivity index (χ3n) is 5.38. The van der Waals surface area contributed by atoms with Crippen LogP contribution < -0.4 is 25.7 Å². The zero-order valence-electron chi connectivity index (χ0n) is 18.9. The monoisotopic (exact) mass is 487 g/mol. The topological polar surface area (TPSA) is 107 Å². The maximum Gasteiger partial charge on any atom is 0.283 e. The van der Waals surface area contributed by atoms with Gasteiger partial charge < -0.3 is 20.1 Å². The third kappa shape index (κ3) is 4.51. The number of hydrogen-bond acceptors (Lipinski definition) is 8. The van der Waals surface area contributed by atoms with Crippen LogP contribution in [0.5, 0.6) is 11.5 Å². The highest BCUT2D eigenvalue weighted by Gasteiger charge is 2.12. The van der Waals surface area contributed by atoms with Crippen LogP contribution >= 0.6 is 11.3 Å². The standard InChI is InChI=1S/C25H21N5O4S/c1-33-20-11-10-15(12-21(20)34-2)14-26-22(31)16-6-5-7-17(13-16)27-24-29-30-23(32)18-8-3-4-9-19(18)28-25(30)35-24/h3-13H,14H2,1-2H3,(H,26,31)(H,27,29). The lowest BCUT2D eigenvalue weighted by Crippen LogP contribution is -2.22. The Bertz CT molecular complexity index is 1610. The number of para-hydroxylation sites is 1. The second-order valence-electron chi connectivity index (χ2n) is 7.61. The summed E-state index contributed by atoms with van der Waals surface area (Å²) < 4.78 is 11.8. The van der Waals surface area contributed by atoms with Crippen LogP contribution in [0.4, 0.5) is 10.8 Å². The Morgan fingerprint density at radius 1 is 1.00 bits per heavy atom.